The second-order valence-electron chi connectivity index (χ2n) is 8.33. The number of aryl methyl sites for hydroxylation is 1. The summed E-state index contributed by atoms with van der Waals surface area (Å²) < 4.78 is 2.03. The lowest BCUT2D eigenvalue weighted by Crippen LogP contribution is -2.52. The summed E-state index contributed by atoms with van der Waals surface area (Å²) in [7, 11) is 0. The minimum absolute atomic E-state index is 0. The predicted octanol–water partition coefficient (Wildman–Crippen LogP) is 3.40. The van der Waals surface area contributed by atoms with Crippen molar-refractivity contribution in [2.45, 2.75) is 33.2 Å². The van der Waals surface area contributed by atoms with Gasteiger partial charge in [0, 0.05) is 62.9 Å². The minimum Gasteiger partial charge on any atom is -0.371 e. The molecule has 0 bridgehead atoms. The number of halogens is 2. The fourth-order valence-electron chi connectivity index (χ4n) is 4.31. The van der Waals surface area contributed by atoms with Crippen LogP contribution in [-0.2, 0) is 4.79 Å². The van der Waals surface area contributed by atoms with Crippen molar-refractivity contribution in [1.82, 2.24) is 19.4 Å². The van der Waals surface area contributed by atoms with E-state index in [1.54, 1.807) is 0 Å². The highest BCUT2D eigenvalue weighted by Crippen LogP contribution is 2.26. The molecule has 4 rings (SSSR count). The summed E-state index contributed by atoms with van der Waals surface area (Å²) >= 11 is 0. The van der Waals surface area contributed by atoms with Crippen LogP contribution in [0.15, 0.2) is 36.8 Å². The zero-order chi connectivity index (χ0) is 19.7. The van der Waals surface area contributed by atoms with Crippen molar-refractivity contribution in [2.75, 3.05) is 44.2 Å². The van der Waals surface area contributed by atoms with Gasteiger partial charge in [-0.15, -0.1) is 24.8 Å². The van der Waals surface area contributed by atoms with E-state index in [9.17, 15) is 4.79 Å². The molecular formula is C22H33Cl2N5O. The number of nitrogens with zero attached hydrogens (tertiary/aromatic N) is 5. The Hall–Kier alpha value is -1.76. The molecule has 30 heavy (non-hydrogen) atoms. The molecule has 2 fully saturated rings. The number of imidazole rings is 1. The molecule has 2 aliphatic rings. The molecule has 1 atom stereocenters. The number of benzene rings is 1. The lowest BCUT2D eigenvalue weighted by atomic mass is 10.1. The number of piperazine rings is 1. The number of amides is 1. The number of hydrogen-bond acceptors (Lipinski definition) is 4. The number of carbonyl (C=O) groups is 1. The van der Waals surface area contributed by atoms with Gasteiger partial charge in [-0.05, 0) is 51.5 Å². The molecular weight excluding hydrogens is 421 g/mol. The monoisotopic (exact) mass is 453 g/mol. The van der Waals surface area contributed by atoms with Crippen molar-refractivity contribution in [3.8, 4) is 5.69 Å². The Bertz CT molecular complexity index is 815. The van der Waals surface area contributed by atoms with Crippen molar-refractivity contribution < 1.29 is 4.79 Å². The van der Waals surface area contributed by atoms with Crippen molar-refractivity contribution in [3.63, 3.8) is 0 Å². The second-order valence-corrected chi connectivity index (χ2v) is 8.33. The van der Waals surface area contributed by atoms with Gasteiger partial charge in [-0.25, -0.2) is 4.98 Å². The predicted molar refractivity (Wildman–Crippen MR) is 126 cm³/mol. The first-order valence-corrected chi connectivity index (χ1v) is 10.4. The summed E-state index contributed by atoms with van der Waals surface area (Å²) in [5.74, 6) is 0.470. The molecule has 2 aliphatic heterocycles. The fourth-order valence-corrected chi connectivity index (χ4v) is 4.31. The summed E-state index contributed by atoms with van der Waals surface area (Å²) in [4.78, 5) is 24.1. The van der Waals surface area contributed by atoms with Gasteiger partial charge in [0.25, 0.3) is 0 Å². The number of rotatable bonds is 4. The molecule has 0 N–H and O–H groups in total. The Labute approximate surface area is 192 Å². The van der Waals surface area contributed by atoms with Crippen molar-refractivity contribution in [3.05, 3.63) is 42.5 Å². The molecule has 3 heterocycles. The maximum absolute atomic E-state index is 13.0. The lowest BCUT2D eigenvalue weighted by molar-refractivity contribution is -0.136. The first kappa shape index (κ1) is 24.5. The SMILES string of the molecule is Cc1cn(-c2ccc(N3CCC(C(=O)N4CCN(C(C)C)CC4)C3)cc2)cn1.Cl.Cl. The highest BCUT2D eigenvalue weighted by molar-refractivity contribution is 5.85. The van der Waals surface area contributed by atoms with Crippen LogP contribution in [-0.4, -0.2) is 70.6 Å². The van der Waals surface area contributed by atoms with Crippen LogP contribution >= 0.6 is 24.8 Å². The van der Waals surface area contributed by atoms with E-state index in [0.29, 0.717) is 11.9 Å². The second kappa shape index (κ2) is 10.5. The van der Waals surface area contributed by atoms with E-state index >= 15 is 0 Å². The van der Waals surface area contributed by atoms with Gasteiger partial charge in [-0.3, -0.25) is 9.69 Å². The molecule has 6 nitrogen and oxygen atoms in total. The first-order valence-electron chi connectivity index (χ1n) is 10.4. The fraction of sp³-hybridized carbons (Fsp3) is 0.545. The lowest BCUT2D eigenvalue weighted by Gasteiger charge is -2.37. The third kappa shape index (κ3) is 5.29. The molecule has 1 unspecified atom stereocenters. The van der Waals surface area contributed by atoms with E-state index in [4.69, 9.17) is 0 Å². The maximum Gasteiger partial charge on any atom is 0.227 e. The van der Waals surface area contributed by atoms with Gasteiger partial charge in [0.2, 0.25) is 5.91 Å². The van der Waals surface area contributed by atoms with Crippen LogP contribution in [0, 0.1) is 12.8 Å². The summed E-state index contributed by atoms with van der Waals surface area (Å²) in [6.45, 7) is 12.0. The summed E-state index contributed by atoms with van der Waals surface area (Å²) in [5.41, 5.74) is 3.32. The van der Waals surface area contributed by atoms with E-state index in [2.05, 4.69) is 57.8 Å². The van der Waals surface area contributed by atoms with E-state index < -0.39 is 0 Å². The molecule has 0 radical (unpaired) electrons. The normalized spacial score (nSPS) is 19.5. The minimum atomic E-state index is 0. The number of aromatic nitrogens is 2. The maximum atomic E-state index is 13.0. The van der Waals surface area contributed by atoms with Crippen LogP contribution in [0.3, 0.4) is 0 Å². The number of anilines is 1. The summed E-state index contributed by atoms with van der Waals surface area (Å²) in [6, 6.07) is 9.11. The van der Waals surface area contributed by atoms with Crippen LogP contribution in [0.5, 0.6) is 0 Å². The largest absolute Gasteiger partial charge is 0.371 e. The third-order valence-electron chi connectivity index (χ3n) is 6.12. The van der Waals surface area contributed by atoms with E-state index in [-0.39, 0.29) is 30.7 Å². The first-order chi connectivity index (χ1) is 13.5. The highest BCUT2D eigenvalue weighted by Gasteiger charge is 2.33. The van der Waals surface area contributed by atoms with Crippen molar-refractivity contribution in [2.24, 2.45) is 5.92 Å². The van der Waals surface area contributed by atoms with Gasteiger partial charge in [-0.2, -0.15) is 0 Å². The average molecular weight is 454 g/mol. The number of carbonyl (C=O) groups excluding carboxylic acids is 1. The summed E-state index contributed by atoms with van der Waals surface area (Å²) in [5, 5.41) is 0. The Morgan fingerprint density at radius 3 is 2.20 bits per heavy atom. The Morgan fingerprint density at radius 1 is 1.00 bits per heavy atom. The van der Waals surface area contributed by atoms with Gasteiger partial charge in [-0.1, -0.05) is 0 Å². The van der Waals surface area contributed by atoms with Crippen molar-refractivity contribution >= 4 is 36.4 Å². The Morgan fingerprint density at radius 2 is 1.63 bits per heavy atom. The Balaban J connectivity index is 0.00000160. The average Bonchev–Trinajstić information content (AvgIpc) is 3.37. The Kier molecular flexibility index (Phi) is 8.59. The zero-order valence-electron chi connectivity index (χ0n) is 18.0. The zero-order valence-corrected chi connectivity index (χ0v) is 19.7. The van der Waals surface area contributed by atoms with E-state index in [1.807, 2.05) is 24.0 Å². The van der Waals surface area contributed by atoms with Crippen LogP contribution in [0.1, 0.15) is 26.0 Å². The van der Waals surface area contributed by atoms with Gasteiger partial charge in [0.15, 0.2) is 0 Å². The third-order valence-corrected chi connectivity index (χ3v) is 6.12. The van der Waals surface area contributed by atoms with Crippen LogP contribution in [0.25, 0.3) is 5.69 Å². The topological polar surface area (TPSA) is 44.6 Å². The molecule has 166 valence electrons. The molecule has 1 amide bonds. The molecule has 1 aromatic carbocycles. The van der Waals surface area contributed by atoms with Crippen molar-refractivity contribution in [1.29, 1.82) is 0 Å². The van der Waals surface area contributed by atoms with Crippen LogP contribution < -0.4 is 4.90 Å². The molecule has 0 aliphatic carbocycles. The van der Waals surface area contributed by atoms with E-state index in [1.165, 1.54) is 5.69 Å². The highest BCUT2D eigenvalue weighted by atomic mass is 35.5. The standard InChI is InChI=1S/C22H31N5O.2ClH/c1-17(2)24-10-12-25(13-11-24)22(28)19-8-9-26(15-19)20-4-6-21(7-5-20)27-14-18(3)23-16-27;;/h4-7,14,16-17,19H,8-13,15H2,1-3H3;2*1H. The van der Waals surface area contributed by atoms with Gasteiger partial charge < -0.3 is 14.4 Å². The van der Waals surface area contributed by atoms with Crippen LogP contribution in [0.4, 0.5) is 5.69 Å². The van der Waals surface area contributed by atoms with Gasteiger partial charge in [0.05, 0.1) is 17.9 Å². The molecule has 8 heteroatoms. The molecule has 2 saturated heterocycles. The molecule has 0 saturated carbocycles. The summed E-state index contributed by atoms with van der Waals surface area (Å²) in [6.07, 6.45) is 4.82. The van der Waals surface area contributed by atoms with Gasteiger partial charge in [0.1, 0.15) is 0 Å². The smallest absolute Gasteiger partial charge is 0.227 e. The number of hydrogen-bond donors (Lipinski definition) is 0. The van der Waals surface area contributed by atoms with Crippen LogP contribution in [0.2, 0.25) is 0 Å². The van der Waals surface area contributed by atoms with Gasteiger partial charge >= 0.3 is 0 Å². The quantitative estimate of drug-likeness (QED) is 0.711. The molecule has 0 spiro atoms. The molecule has 1 aromatic heterocycles. The molecule has 2 aromatic rings. The van der Waals surface area contributed by atoms with E-state index in [0.717, 1.165) is 57.1 Å².